The van der Waals surface area contributed by atoms with Crippen LogP contribution >= 0.6 is 0 Å². The molecule has 0 amide bonds. The van der Waals surface area contributed by atoms with Crippen LogP contribution in [0.3, 0.4) is 0 Å². The quantitative estimate of drug-likeness (QED) is 0.810. The van der Waals surface area contributed by atoms with Crippen LogP contribution in [0.2, 0.25) is 0 Å². The lowest BCUT2D eigenvalue weighted by Gasteiger charge is -2.18. The van der Waals surface area contributed by atoms with Gasteiger partial charge in [0.1, 0.15) is 0 Å². The molecule has 0 aliphatic carbocycles. The number of hydrogen-bond acceptors (Lipinski definition) is 5. The van der Waals surface area contributed by atoms with Crippen molar-refractivity contribution in [1.29, 1.82) is 5.26 Å². The fraction of sp³-hybridized carbons (Fsp3) is 0.417. The van der Waals surface area contributed by atoms with Gasteiger partial charge in [0.2, 0.25) is 20.0 Å². The second kappa shape index (κ2) is 6.53. The van der Waals surface area contributed by atoms with Crippen molar-refractivity contribution < 1.29 is 16.8 Å². The summed E-state index contributed by atoms with van der Waals surface area (Å²) in [5.41, 5.74) is 0. The summed E-state index contributed by atoms with van der Waals surface area (Å²) in [4.78, 5) is -0.265. The van der Waals surface area contributed by atoms with Gasteiger partial charge in [0.05, 0.1) is 21.8 Å². The minimum Gasteiger partial charge on any atom is -0.214 e. The summed E-state index contributed by atoms with van der Waals surface area (Å²) in [5.74, 6) is -0.464. The fourth-order valence-corrected chi connectivity index (χ4v) is 3.78. The van der Waals surface area contributed by atoms with E-state index in [2.05, 4.69) is 4.72 Å². The summed E-state index contributed by atoms with van der Waals surface area (Å²) in [5, 5.41) is 8.74. The first-order chi connectivity index (χ1) is 9.65. The van der Waals surface area contributed by atoms with Gasteiger partial charge in [-0.15, -0.1) is 0 Å². The third kappa shape index (κ3) is 4.01. The lowest BCUT2D eigenvalue weighted by molar-refractivity contribution is 0.439. The number of sulfonamides is 2. The molecule has 0 heterocycles. The standard InChI is InChI=1S/C12H17N3O4S2/c1-10(8-13)9-15(3)21(18,19)12-6-4-5-11(7-12)20(16,17)14-2/h4-7,10,14H,9H2,1-3H3/t10-/m1/s1. The van der Waals surface area contributed by atoms with E-state index in [9.17, 15) is 16.8 Å². The largest absolute Gasteiger partial charge is 0.242 e. The van der Waals surface area contributed by atoms with Crippen LogP contribution in [0.5, 0.6) is 0 Å². The molecule has 1 rings (SSSR count). The zero-order valence-corrected chi connectivity index (χ0v) is 13.6. The van der Waals surface area contributed by atoms with Crippen molar-refractivity contribution >= 4 is 20.0 Å². The predicted octanol–water partition coefficient (Wildman–Crippen LogP) is 0.375. The van der Waals surface area contributed by atoms with Crippen LogP contribution in [0.15, 0.2) is 34.1 Å². The van der Waals surface area contributed by atoms with Crippen LogP contribution in [-0.4, -0.2) is 41.8 Å². The molecule has 0 aromatic heterocycles. The monoisotopic (exact) mass is 331 g/mol. The SMILES string of the molecule is CNS(=O)(=O)c1cccc(S(=O)(=O)N(C)C[C@H](C)C#N)c1. The van der Waals surface area contributed by atoms with Gasteiger partial charge in [-0.25, -0.2) is 21.6 Å². The summed E-state index contributed by atoms with van der Waals surface area (Å²) in [6, 6.07) is 7.03. The minimum atomic E-state index is -3.85. The van der Waals surface area contributed by atoms with E-state index in [1.165, 1.54) is 32.3 Å². The first kappa shape index (κ1) is 17.6. The average molecular weight is 331 g/mol. The van der Waals surface area contributed by atoms with Crippen LogP contribution < -0.4 is 4.72 Å². The molecule has 0 radical (unpaired) electrons. The Balaban J connectivity index is 3.22. The lowest BCUT2D eigenvalue weighted by atomic mass is 10.2. The zero-order chi connectivity index (χ0) is 16.3. The number of benzene rings is 1. The third-order valence-corrected chi connectivity index (χ3v) is 6.08. The van der Waals surface area contributed by atoms with E-state index in [-0.39, 0.29) is 16.3 Å². The molecule has 7 nitrogen and oxygen atoms in total. The number of nitriles is 1. The van der Waals surface area contributed by atoms with Gasteiger partial charge in [0.15, 0.2) is 0 Å². The number of nitrogens with zero attached hydrogens (tertiary/aromatic N) is 2. The molecule has 0 saturated carbocycles. The molecule has 1 N–H and O–H groups in total. The van der Waals surface area contributed by atoms with Crippen LogP contribution in [0.4, 0.5) is 0 Å². The molecule has 0 spiro atoms. The van der Waals surface area contributed by atoms with Gasteiger partial charge in [-0.3, -0.25) is 0 Å². The Morgan fingerprint density at radius 1 is 1.29 bits per heavy atom. The van der Waals surface area contributed by atoms with Gasteiger partial charge in [0, 0.05) is 13.6 Å². The molecule has 0 aliphatic heterocycles. The maximum Gasteiger partial charge on any atom is 0.242 e. The van der Waals surface area contributed by atoms with Crippen molar-refractivity contribution in [1.82, 2.24) is 9.03 Å². The van der Waals surface area contributed by atoms with Gasteiger partial charge in [-0.2, -0.15) is 9.57 Å². The van der Waals surface area contributed by atoms with E-state index in [0.29, 0.717) is 0 Å². The average Bonchev–Trinajstić information content (AvgIpc) is 2.47. The van der Waals surface area contributed by atoms with Crippen LogP contribution in [-0.2, 0) is 20.0 Å². The van der Waals surface area contributed by atoms with Crippen molar-refractivity contribution in [2.45, 2.75) is 16.7 Å². The minimum absolute atomic E-state index is 0.0296. The summed E-state index contributed by atoms with van der Waals surface area (Å²) in [6.07, 6.45) is 0. The molecule has 0 fully saturated rings. The first-order valence-corrected chi connectivity index (χ1v) is 8.97. The van der Waals surface area contributed by atoms with E-state index in [1.807, 2.05) is 6.07 Å². The van der Waals surface area contributed by atoms with E-state index in [0.717, 1.165) is 10.4 Å². The highest BCUT2D eigenvalue weighted by molar-refractivity contribution is 7.90. The van der Waals surface area contributed by atoms with Gasteiger partial charge < -0.3 is 0 Å². The molecule has 0 unspecified atom stereocenters. The molecule has 21 heavy (non-hydrogen) atoms. The molecule has 1 atom stereocenters. The highest BCUT2D eigenvalue weighted by Gasteiger charge is 2.24. The molecule has 1 aromatic carbocycles. The molecule has 0 aliphatic rings. The summed E-state index contributed by atoms with van der Waals surface area (Å²) < 4.78 is 51.3. The van der Waals surface area contributed by atoms with Gasteiger partial charge in [-0.1, -0.05) is 6.07 Å². The van der Waals surface area contributed by atoms with Crippen LogP contribution in [0, 0.1) is 17.2 Å². The highest BCUT2D eigenvalue weighted by atomic mass is 32.2. The van der Waals surface area contributed by atoms with Crippen LogP contribution in [0.25, 0.3) is 0 Å². The van der Waals surface area contributed by atoms with Gasteiger partial charge >= 0.3 is 0 Å². The smallest absolute Gasteiger partial charge is 0.214 e. The van der Waals surface area contributed by atoms with Crippen LogP contribution in [0.1, 0.15) is 6.92 Å². The number of nitrogens with one attached hydrogen (secondary N) is 1. The van der Waals surface area contributed by atoms with Gasteiger partial charge in [-0.05, 0) is 32.2 Å². The third-order valence-electron chi connectivity index (χ3n) is 2.84. The van der Waals surface area contributed by atoms with Crippen molar-refractivity contribution in [3.63, 3.8) is 0 Å². The number of hydrogen-bond donors (Lipinski definition) is 1. The van der Waals surface area contributed by atoms with Crippen molar-refractivity contribution in [3.05, 3.63) is 24.3 Å². The zero-order valence-electron chi connectivity index (χ0n) is 11.9. The molecule has 9 heteroatoms. The Kier molecular flexibility index (Phi) is 5.47. The Morgan fingerprint density at radius 3 is 2.38 bits per heavy atom. The molecule has 0 bridgehead atoms. The Morgan fingerprint density at radius 2 is 1.86 bits per heavy atom. The van der Waals surface area contributed by atoms with Crippen molar-refractivity contribution in [3.8, 4) is 6.07 Å². The summed E-state index contributed by atoms with van der Waals surface area (Å²) >= 11 is 0. The first-order valence-electron chi connectivity index (χ1n) is 6.04. The van der Waals surface area contributed by atoms with E-state index in [4.69, 9.17) is 5.26 Å². The molecular weight excluding hydrogens is 314 g/mol. The highest BCUT2D eigenvalue weighted by Crippen LogP contribution is 2.19. The fourth-order valence-electron chi connectivity index (χ4n) is 1.62. The molecular formula is C12H17N3O4S2. The summed E-state index contributed by atoms with van der Waals surface area (Å²) in [6.45, 7) is 1.63. The Hall–Kier alpha value is -1.47. The second-order valence-electron chi connectivity index (χ2n) is 4.50. The lowest BCUT2D eigenvalue weighted by Crippen LogP contribution is -2.31. The van der Waals surface area contributed by atoms with Gasteiger partial charge in [0.25, 0.3) is 0 Å². The van der Waals surface area contributed by atoms with Crippen molar-refractivity contribution in [2.75, 3.05) is 20.6 Å². The van der Waals surface area contributed by atoms with Crippen molar-refractivity contribution in [2.24, 2.45) is 5.92 Å². The van der Waals surface area contributed by atoms with E-state index in [1.54, 1.807) is 6.92 Å². The van der Waals surface area contributed by atoms with E-state index >= 15 is 0 Å². The Bertz CT molecular complexity index is 751. The topological polar surface area (TPSA) is 107 Å². The number of rotatable bonds is 6. The normalized spacial score (nSPS) is 13.9. The second-order valence-corrected chi connectivity index (χ2v) is 8.43. The maximum absolute atomic E-state index is 12.4. The molecule has 0 saturated heterocycles. The summed E-state index contributed by atoms with van der Waals surface area (Å²) in [7, 11) is -4.97. The molecule has 1 aromatic rings. The van der Waals surface area contributed by atoms with E-state index < -0.39 is 26.0 Å². The predicted molar refractivity (Wildman–Crippen MR) is 77.3 cm³/mol. The molecule has 116 valence electrons. The Labute approximate surface area is 125 Å². The maximum atomic E-state index is 12.4.